The first-order valence-electron chi connectivity index (χ1n) is 8.51. The lowest BCUT2D eigenvalue weighted by Crippen LogP contribution is -2.52. The largest absolute Gasteiger partial charge is 0.490 e. The molecular weight excluding hydrogens is 306 g/mol. The number of nitrogens with zero attached hydrogens (tertiary/aromatic N) is 4. The lowest BCUT2D eigenvalue weighted by Gasteiger charge is -2.32. The van der Waals surface area contributed by atoms with Crippen LogP contribution in [0.5, 0.6) is 5.75 Å². The standard InChI is InChI=1S/C17H25N5O2/c1-4-13-15(17(23)19-21-11-9-20(3)10-12-21)22-8-6-7-14(24-5-2)16(22)18-13/h6-8H,4-5,9-12H2,1-3H3,(H,19,23). The highest BCUT2D eigenvalue weighted by molar-refractivity contribution is 5.94. The first-order chi connectivity index (χ1) is 11.6. The molecule has 0 bridgehead atoms. The molecule has 0 aliphatic carbocycles. The highest BCUT2D eigenvalue weighted by atomic mass is 16.5. The Balaban J connectivity index is 1.90. The first-order valence-corrected chi connectivity index (χ1v) is 8.51. The number of aromatic nitrogens is 2. The molecule has 0 spiro atoms. The number of ether oxygens (including phenoxy) is 1. The zero-order chi connectivity index (χ0) is 17.1. The number of fused-ring (bicyclic) bond motifs is 1. The number of amides is 1. The summed E-state index contributed by atoms with van der Waals surface area (Å²) in [6.45, 7) is 8.06. The fraction of sp³-hybridized carbons (Fsp3) is 0.529. The molecule has 1 fully saturated rings. The fourth-order valence-electron chi connectivity index (χ4n) is 2.96. The number of hydrogen-bond acceptors (Lipinski definition) is 5. The monoisotopic (exact) mass is 331 g/mol. The van der Waals surface area contributed by atoms with E-state index in [9.17, 15) is 4.79 Å². The molecule has 3 heterocycles. The molecule has 7 heteroatoms. The van der Waals surface area contributed by atoms with Gasteiger partial charge in [0.1, 0.15) is 5.69 Å². The summed E-state index contributed by atoms with van der Waals surface area (Å²) in [6, 6.07) is 3.76. The van der Waals surface area contributed by atoms with Crippen LogP contribution in [0.3, 0.4) is 0 Å². The third-order valence-corrected chi connectivity index (χ3v) is 4.30. The third kappa shape index (κ3) is 3.22. The second kappa shape index (κ2) is 7.19. The van der Waals surface area contributed by atoms with Crippen LogP contribution in [0.2, 0.25) is 0 Å². The second-order valence-electron chi connectivity index (χ2n) is 5.99. The average Bonchev–Trinajstić information content (AvgIpc) is 2.97. The fourth-order valence-corrected chi connectivity index (χ4v) is 2.96. The van der Waals surface area contributed by atoms with E-state index in [4.69, 9.17) is 4.74 Å². The van der Waals surface area contributed by atoms with Gasteiger partial charge in [0.25, 0.3) is 5.91 Å². The molecule has 24 heavy (non-hydrogen) atoms. The molecule has 0 saturated carbocycles. The van der Waals surface area contributed by atoms with Gasteiger partial charge in [-0.05, 0) is 32.5 Å². The summed E-state index contributed by atoms with van der Waals surface area (Å²) < 4.78 is 7.47. The molecule has 7 nitrogen and oxygen atoms in total. The molecule has 1 aliphatic heterocycles. The second-order valence-corrected chi connectivity index (χ2v) is 5.99. The van der Waals surface area contributed by atoms with Crippen molar-refractivity contribution in [2.45, 2.75) is 20.3 Å². The predicted octanol–water partition coefficient (Wildman–Crippen LogP) is 1.19. The number of carbonyl (C=O) groups is 1. The summed E-state index contributed by atoms with van der Waals surface area (Å²) in [5.41, 5.74) is 5.10. The number of pyridine rings is 1. The minimum absolute atomic E-state index is 0.113. The van der Waals surface area contributed by atoms with Crippen molar-refractivity contribution in [3.8, 4) is 5.75 Å². The Bertz CT molecular complexity index is 719. The Morgan fingerprint density at radius 1 is 1.29 bits per heavy atom. The summed E-state index contributed by atoms with van der Waals surface area (Å²) in [5.74, 6) is 0.589. The van der Waals surface area contributed by atoms with E-state index in [0.717, 1.165) is 31.9 Å². The van der Waals surface area contributed by atoms with E-state index in [-0.39, 0.29) is 5.91 Å². The number of hydrazine groups is 1. The minimum Gasteiger partial charge on any atom is -0.490 e. The van der Waals surface area contributed by atoms with Crippen LogP contribution in [0.15, 0.2) is 18.3 Å². The van der Waals surface area contributed by atoms with Gasteiger partial charge >= 0.3 is 0 Å². The van der Waals surface area contributed by atoms with Crippen LogP contribution in [-0.2, 0) is 6.42 Å². The zero-order valence-electron chi connectivity index (χ0n) is 14.6. The highest BCUT2D eigenvalue weighted by Crippen LogP contribution is 2.22. The maximum absolute atomic E-state index is 12.9. The van der Waals surface area contributed by atoms with Crippen LogP contribution < -0.4 is 10.2 Å². The Hall–Kier alpha value is -2.12. The zero-order valence-corrected chi connectivity index (χ0v) is 14.6. The van der Waals surface area contributed by atoms with Gasteiger partial charge < -0.3 is 9.64 Å². The summed E-state index contributed by atoms with van der Waals surface area (Å²) in [7, 11) is 2.09. The van der Waals surface area contributed by atoms with E-state index in [1.807, 2.05) is 41.6 Å². The van der Waals surface area contributed by atoms with Gasteiger partial charge in [0, 0.05) is 32.4 Å². The van der Waals surface area contributed by atoms with Gasteiger partial charge in [0.2, 0.25) is 0 Å². The van der Waals surface area contributed by atoms with Gasteiger partial charge in [0.05, 0.1) is 12.3 Å². The predicted molar refractivity (Wildman–Crippen MR) is 92.3 cm³/mol. The maximum atomic E-state index is 12.9. The van der Waals surface area contributed by atoms with Gasteiger partial charge in [-0.25, -0.2) is 9.99 Å². The Labute approximate surface area is 142 Å². The molecule has 1 aliphatic rings. The number of nitrogens with one attached hydrogen (secondary N) is 1. The molecule has 1 N–H and O–H groups in total. The summed E-state index contributed by atoms with van der Waals surface area (Å²) in [4.78, 5) is 19.7. The molecule has 130 valence electrons. The van der Waals surface area contributed by atoms with Crippen molar-refractivity contribution in [2.75, 3.05) is 39.8 Å². The van der Waals surface area contributed by atoms with E-state index in [0.29, 0.717) is 30.1 Å². The SMILES string of the molecule is CCOc1cccn2c(C(=O)NN3CCN(C)CC3)c(CC)nc12. The summed E-state index contributed by atoms with van der Waals surface area (Å²) >= 11 is 0. The van der Waals surface area contributed by atoms with Crippen LogP contribution >= 0.6 is 0 Å². The molecule has 2 aromatic rings. The molecule has 1 saturated heterocycles. The van der Waals surface area contributed by atoms with Crippen molar-refractivity contribution in [3.63, 3.8) is 0 Å². The minimum atomic E-state index is -0.113. The van der Waals surface area contributed by atoms with Crippen molar-refractivity contribution >= 4 is 11.6 Å². The number of piperazine rings is 1. The average molecular weight is 331 g/mol. The number of aryl methyl sites for hydroxylation is 1. The van der Waals surface area contributed by atoms with Crippen molar-refractivity contribution in [1.82, 2.24) is 24.7 Å². The van der Waals surface area contributed by atoms with Crippen LogP contribution in [0.1, 0.15) is 30.0 Å². The van der Waals surface area contributed by atoms with E-state index in [2.05, 4.69) is 22.4 Å². The van der Waals surface area contributed by atoms with Crippen LogP contribution in [-0.4, -0.2) is 65.0 Å². The smallest absolute Gasteiger partial charge is 0.284 e. The normalized spacial score (nSPS) is 16.5. The van der Waals surface area contributed by atoms with Crippen LogP contribution in [0.4, 0.5) is 0 Å². The molecule has 0 radical (unpaired) electrons. The summed E-state index contributed by atoms with van der Waals surface area (Å²) in [6.07, 6.45) is 2.56. The molecule has 0 atom stereocenters. The number of likely N-dealkylation sites (N-methyl/N-ethyl adjacent to an activating group) is 1. The number of rotatable bonds is 5. The first kappa shape index (κ1) is 16.7. The lowest BCUT2D eigenvalue weighted by atomic mass is 10.2. The van der Waals surface area contributed by atoms with Crippen molar-refractivity contribution in [2.24, 2.45) is 0 Å². The third-order valence-electron chi connectivity index (χ3n) is 4.30. The van der Waals surface area contributed by atoms with E-state index in [1.54, 1.807) is 0 Å². The number of imidazole rings is 1. The lowest BCUT2D eigenvalue weighted by molar-refractivity contribution is 0.0656. The van der Waals surface area contributed by atoms with Gasteiger partial charge in [-0.15, -0.1) is 0 Å². The number of carbonyl (C=O) groups excluding carboxylic acids is 1. The van der Waals surface area contributed by atoms with Crippen molar-refractivity contribution in [1.29, 1.82) is 0 Å². The molecule has 2 aromatic heterocycles. The van der Waals surface area contributed by atoms with Crippen LogP contribution in [0.25, 0.3) is 5.65 Å². The van der Waals surface area contributed by atoms with Crippen LogP contribution in [0, 0.1) is 0 Å². The Morgan fingerprint density at radius 2 is 2.04 bits per heavy atom. The molecule has 0 unspecified atom stereocenters. The quantitative estimate of drug-likeness (QED) is 0.892. The molecular formula is C17H25N5O2. The van der Waals surface area contributed by atoms with E-state index < -0.39 is 0 Å². The number of hydrogen-bond donors (Lipinski definition) is 1. The summed E-state index contributed by atoms with van der Waals surface area (Å²) in [5, 5.41) is 1.98. The van der Waals surface area contributed by atoms with Crippen molar-refractivity contribution in [3.05, 3.63) is 29.7 Å². The molecule has 0 aromatic carbocycles. The van der Waals surface area contributed by atoms with Gasteiger partial charge in [-0.2, -0.15) is 0 Å². The highest BCUT2D eigenvalue weighted by Gasteiger charge is 2.23. The maximum Gasteiger partial charge on any atom is 0.284 e. The van der Waals surface area contributed by atoms with Gasteiger partial charge in [0.15, 0.2) is 11.4 Å². The molecule has 3 rings (SSSR count). The van der Waals surface area contributed by atoms with Crippen molar-refractivity contribution < 1.29 is 9.53 Å². The Kier molecular flexibility index (Phi) is 5.01. The Morgan fingerprint density at radius 3 is 2.71 bits per heavy atom. The van der Waals surface area contributed by atoms with Gasteiger partial charge in [-0.1, -0.05) is 6.92 Å². The molecule has 1 amide bonds. The van der Waals surface area contributed by atoms with E-state index in [1.165, 1.54) is 0 Å². The van der Waals surface area contributed by atoms with Gasteiger partial charge in [-0.3, -0.25) is 14.6 Å². The van der Waals surface area contributed by atoms with E-state index >= 15 is 0 Å². The topological polar surface area (TPSA) is 62.1 Å².